The lowest BCUT2D eigenvalue weighted by molar-refractivity contribution is 0.901. The predicted molar refractivity (Wildman–Crippen MR) is 156 cm³/mol. The Bertz CT molecular complexity index is 1210. The lowest BCUT2D eigenvalue weighted by Crippen LogP contribution is -2.04. The number of benzene rings is 4. The second kappa shape index (κ2) is 11.5. The van der Waals surface area contributed by atoms with E-state index in [9.17, 15) is 0 Å². The molecule has 0 aliphatic heterocycles. The van der Waals surface area contributed by atoms with Crippen molar-refractivity contribution in [3.05, 3.63) is 128 Å². The normalized spacial score (nSPS) is 11.1. The molecule has 0 fully saturated rings. The second-order valence-electron chi connectivity index (χ2n) is 10.3. The maximum absolute atomic E-state index is 5.83. The largest absolute Gasteiger partial charge is 0.399 e. The fourth-order valence-corrected chi connectivity index (χ4v) is 5.15. The number of nitrogens with two attached hydrogens (primary N) is 2. The Hall–Kier alpha value is -3.52. The van der Waals surface area contributed by atoms with Gasteiger partial charge in [-0.15, -0.1) is 0 Å². The van der Waals surface area contributed by atoms with Gasteiger partial charge in [0, 0.05) is 11.4 Å². The highest BCUT2D eigenvalue weighted by Gasteiger charge is 2.10. The molecule has 0 saturated heterocycles. The first-order valence-corrected chi connectivity index (χ1v) is 13.2. The SMILES string of the molecule is Cc1c(CCc2ccc(N)cc2)ccc(CCc2ccc(CCc3ccc(N)cc3)c(C)c2C)c1C. The molecule has 0 aliphatic rings. The summed E-state index contributed by atoms with van der Waals surface area (Å²) in [6.07, 6.45) is 6.37. The van der Waals surface area contributed by atoms with Crippen molar-refractivity contribution in [2.24, 2.45) is 0 Å². The number of hydrogen-bond donors (Lipinski definition) is 2. The highest BCUT2D eigenvalue weighted by atomic mass is 14.5. The summed E-state index contributed by atoms with van der Waals surface area (Å²) in [6.45, 7) is 9.14. The van der Waals surface area contributed by atoms with Crippen molar-refractivity contribution in [3.63, 3.8) is 0 Å². The van der Waals surface area contributed by atoms with Crippen molar-refractivity contribution in [2.75, 3.05) is 11.5 Å². The van der Waals surface area contributed by atoms with E-state index in [4.69, 9.17) is 11.5 Å². The van der Waals surface area contributed by atoms with Gasteiger partial charge in [0.05, 0.1) is 0 Å². The van der Waals surface area contributed by atoms with E-state index in [2.05, 4.69) is 76.2 Å². The second-order valence-corrected chi connectivity index (χ2v) is 10.3. The van der Waals surface area contributed by atoms with Gasteiger partial charge in [-0.25, -0.2) is 0 Å². The Morgan fingerprint density at radius 1 is 0.361 bits per heavy atom. The molecule has 0 atom stereocenters. The van der Waals surface area contributed by atoms with Gasteiger partial charge in [0.15, 0.2) is 0 Å². The van der Waals surface area contributed by atoms with Crippen LogP contribution in [-0.4, -0.2) is 0 Å². The van der Waals surface area contributed by atoms with Gasteiger partial charge >= 0.3 is 0 Å². The van der Waals surface area contributed by atoms with E-state index in [1.54, 1.807) is 0 Å². The molecule has 0 aliphatic carbocycles. The van der Waals surface area contributed by atoms with Crippen LogP contribution in [0.2, 0.25) is 0 Å². The first kappa shape index (κ1) is 25.6. The fraction of sp³-hybridized carbons (Fsp3) is 0.294. The van der Waals surface area contributed by atoms with Crippen LogP contribution < -0.4 is 11.5 Å². The van der Waals surface area contributed by atoms with E-state index in [0.717, 1.165) is 49.9 Å². The Labute approximate surface area is 217 Å². The molecule has 0 radical (unpaired) electrons. The van der Waals surface area contributed by atoms with Crippen molar-refractivity contribution >= 4 is 11.4 Å². The quantitative estimate of drug-likeness (QED) is 0.247. The molecule has 2 nitrogen and oxygen atoms in total. The van der Waals surface area contributed by atoms with E-state index in [1.807, 2.05) is 24.3 Å². The Morgan fingerprint density at radius 3 is 0.889 bits per heavy atom. The summed E-state index contributed by atoms with van der Waals surface area (Å²) in [6, 6.07) is 25.9. The molecule has 2 heteroatoms. The number of hydrogen-bond acceptors (Lipinski definition) is 2. The van der Waals surface area contributed by atoms with Crippen molar-refractivity contribution in [1.29, 1.82) is 0 Å². The average Bonchev–Trinajstić information content (AvgIpc) is 2.88. The van der Waals surface area contributed by atoms with E-state index >= 15 is 0 Å². The molecule has 4 aromatic carbocycles. The maximum Gasteiger partial charge on any atom is 0.0314 e. The Morgan fingerprint density at radius 2 is 0.611 bits per heavy atom. The monoisotopic (exact) mass is 476 g/mol. The van der Waals surface area contributed by atoms with Crippen LogP contribution in [0.15, 0.2) is 72.8 Å². The molecule has 0 heterocycles. The minimum Gasteiger partial charge on any atom is -0.399 e. The van der Waals surface area contributed by atoms with Gasteiger partial charge < -0.3 is 11.5 Å². The zero-order valence-corrected chi connectivity index (χ0v) is 22.3. The van der Waals surface area contributed by atoms with Gasteiger partial charge in [0.1, 0.15) is 0 Å². The molecule has 4 N–H and O–H groups in total. The fourth-order valence-electron chi connectivity index (χ4n) is 5.15. The summed E-state index contributed by atoms with van der Waals surface area (Å²) in [4.78, 5) is 0. The third-order valence-corrected chi connectivity index (χ3v) is 8.01. The molecular formula is C34H40N2. The minimum absolute atomic E-state index is 0.827. The summed E-state index contributed by atoms with van der Waals surface area (Å²) in [5.41, 5.74) is 27.6. The van der Waals surface area contributed by atoms with Crippen molar-refractivity contribution in [2.45, 2.75) is 66.2 Å². The van der Waals surface area contributed by atoms with Crippen molar-refractivity contribution < 1.29 is 0 Å². The lowest BCUT2D eigenvalue weighted by atomic mass is 9.89. The Balaban J connectivity index is 1.38. The van der Waals surface area contributed by atoms with Gasteiger partial charge in [-0.05, 0) is 146 Å². The van der Waals surface area contributed by atoms with Gasteiger partial charge in [-0.3, -0.25) is 0 Å². The summed E-state index contributed by atoms with van der Waals surface area (Å²) in [7, 11) is 0. The molecule has 0 unspecified atom stereocenters. The van der Waals surface area contributed by atoms with E-state index < -0.39 is 0 Å². The minimum atomic E-state index is 0.827. The zero-order chi connectivity index (χ0) is 25.7. The molecule has 0 saturated carbocycles. The van der Waals surface area contributed by atoms with Crippen LogP contribution in [0.3, 0.4) is 0 Å². The lowest BCUT2D eigenvalue weighted by Gasteiger charge is -2.16. The van der Waals surface area contributed by atoms with E-state index in [1.165, 1.54) is 55.6 Å². The van der Waals surface area contributed by atoms with Crippen molar-refractivity contribution in [3.8, 4) is 0 Å². The average molecular weight is 477 g/mol. The number of nitrogen functional groups attached to an aromatic ring is 2. The van der Waals surface area contributed by atoms with Crippen molar-refractivity contribution in [1.82, 2.24) is 0 Å². The highest BCUT2D eigenvalue weighted by molar-refractivity contribution is 5.44. The molecule has 0 aromatic heterocycles. The van der Waals surface area contributed by atoms with Crippen LogP contribution >= 0.6 is 0 Å². The molecular weight excluding hydrogens is 436 g/mol. The summed E-state index contributed by atoms with van der Waals surface area (Å²) in [5, 5.41) is 0. The molecule has 186 valence electrons. The van der Waals surface area contributed by atoms with Gasteiger partial charge in [0.25, 0.3) is 0 Å². The first-order valence-electron chi connectivity index (χ1n) is 13.2. The Kier molecular flexibility index (Phi) is 8.15. The van der Waals surface area contributed by atoms with Gasteiger partial charge in [-0.2, -0.15) is 0 Å². The molecule has 4 rings (SSSR count). The topological polar surface area (TPSA) is 52.0 Å². The van der Waals surface area contributed by atoms with Crippen LogP contribution in [0.5, 0.6) is 0 Å². The van der Waals surface area contributed by atoms with Crippen LogP contribution in [0.4, 0.5) is 11.4 Å². The number of aryl methyl sites for hydroxylation is 6. The smallest absolute Gasteiger partial charge is 0.0314 e. The molecule has 36 heavy (non-hydrogen) atoms. The van der Waals surface area contributed by atoms with Gasteiger partial charge in [0.2, 0.25) is 0 Å². The summed E-state index contributed by atoms with van der Waals surface area (Å²) >= 11 is 0. The van der Waals surface area contributed by atoms with E-state index in [0.29, 0.717) is 0 Å². The number of rotatable bonds is 9. The number of anilines is 2. The van der Waals surface area contributed by atoms with Gasteiger partial charge in [-0.1, -0.05) is 48.5 Å². The first-order chi connectivity index (χ1) is 17.3. The van der Waals surface area contributed by atoms with Crippen LogP contribution in [0.25, 0.3) is 0 Å². The maximum atomic E-state index is 5.83. The molecule has 0 bridgehead atoms. The predicted octanol–water partition coefficient (Wildman–Crippen LogP) is 7.44. The molecule has 4 aromatic rings. The highest BCUT2D eigenvalue weighted by Crippen LogP contribution is 2.24. The van der Waals surface area contributed by atoms with Crippen LogP contribution in [-0.2, 0) is 38.5 Å². The third-order valence-electron chi connectivity index (χ3n) is 8.01. The molecule has 0 amide bonds. The van der Waals surface area contributed by atoms with Crippen LogP contribution in [0.1, 0.15) is 55.6 Å². The molecule has 0 spiro atoms. The standard InChI is InChI=1S/C34H40N2/c1-23-25(3)31(15-13-29(23)11-5-27-7-19-33(35)20-8-27)17-18-32-16-14-30(24(2)26(32)4)12-6-28-9-21-34(36)22-10-28/h7-10,13-16,19-22H,5-6,11-12,17-18,35-36H2,1-4H3. The summed E-state index contributed by atoms with van der Waals surface area (Å²) < 4.78 is 0. The van der Waals surface area contributed by atoms with Crippen LogP contribution in [0, 0.1) is 27.7 Å². The van der Waals surface area contributed by atoms with E-state index in [-0.39, 0.29) is 0 Å². The summed E-state index contributed by atoms with van der Waals surface area (Å²) in [5.74, 6) is 0. The zero-order valence-electron chi connectivity index (χ0n) is 22.3. The third kappa shape index (κ3) is 6.18.